The molecule has 75 heavy (non-hydrogen) atoms. The average molecular weight is 980 g/mol. The molecular weight excluding hydrogens is 906 g/mol. The van der Waals surface area contributed by atoms with Crippen LogP contribution in [0.25, 0.3) is 11.1 Å². The minimum atomic E-state index is -0.266. The Labute approximate surface area is 448 Å². The Kier molecular flexibility index (Phi) is 10.6. The van der Waals surface area contributed by atoms with Gasteiger partial charge in [-0.3, -0.25) is 0 Å². The molecule has 0 radical (unpaired) electrons. The van der Waals surface area contributed by atoms with Gasteiger partial charge in [0, 0.05) is 50.8 Å². The van der Waals surface area contributed by atoms with E-state index in [1.807, 2.05) is 0 Å². The van der Waals surface area contributed by atoms with Gasteiger partial charge < -0.3 is 14.7 Å². The molecule has 1 fully saturated rings. The van der Waals surface area contributed by atoms with Crippen molar-refractivity contribution in [2.75, 3.05) is 14.7 Å². The lowest BCUT2D eigenvalue weighted by Gasteiger charge is -2.53. The van der Waals surface area contributed by atoms with Crippen molar-refractivity contribution in [2.45, 2.75) is 147 Å². The van der Waals surface area contributed by atoms with Crippen LogP contribution in [0, 0.1) is 0 Å². The highest BCUT2D eigenvalue weighted by atomic mass is 15.3. The van der Waals surface area contributed by atoms with Crippen LogP contribution in [0.1, 0.15) is 148 Å². The Balaban J connectivity index is 1.16. The second-order valence-electron chi connectivity index (χ2n) is 26.5. The zero-order valence-corrected chi connectivity index (χ0v) is 46.4. The second-order valence-corrected chi connectivity index (χ2v) is 26.5. The van der Waals surface area contributed by atoms with Gasteiger partial charge in [0.2, 0.25) is 0 Å². The van der Waals surface area contributed by atoms with Crippen molar-refractivity contribution < 1.29 is 0 Å². The van der Waals surface area contributed by atoms with Crippen LogP contribution in [0.2, 0.25) is 0 Å². The average Bonchev–Trinajstić information content (AvgIpc) is 3.70. The molecule has 0 N–H and O–H groups in total. The fraction of sp³-hybridized carbons (Fsp3) is 0.324. The molecule has 0 aromatic heterocycles. The van der Waals surface area contributed by atoms with E-state index in [0.29, 0.717) is 0 Å². The fourth-order valence-electron chi connectivity index (χ4n) is 14.9. The van der Waals surface area contributed by atoms with E-state index in [0.717, 1.165) is 25.7 Å². The van der Waals surface area contributed by atoms with Crippen molar-refractivity contribution >= 4 is 68.6 Å². The standard InChI is InChI=1S/C71H74BN3/c1-66(2,3)48-32-34-49(35-33-48)71-39-23-22-38-70(71,11)75(60-30-20-18-28-54(60)71)52-43-63-65-64(44-52)74(59-37-36-50(67(4,5)6)42-53(59)47-24-14-12-15-25-47)62-46-56-55(68(7,8)40-41-69(56,9)10)45-58(62)72(65)57-29-19-21-31-61(57)73(63)51-26-16-13-17-27-51/h12-21,24-37,42-46H,22-23,38-41H2,1-11H3. The number of hydrogen-bond donors (Lipinski definition) is 0. The molecule has 2 aliphatic carbocycles. The summed E-state index contributed by atoms with van der Waals surface area (Å²) in [7, 11) is 0. The number of anilines is 8. The van der Waals surface area contributed by atoms with Gasteiger partial charge in [-0.15, -0.1) is 0 Å². The molecule has 0 saturated heterocycles. The van der Waals surface area contributed by atoms with Gasteiger partial charge in [-0.1, -0.05) is 203 Å². The molecule has 376 valence electrons. The summed E-state index contributed by atoms with van der Waals surface area (Å²) in [6.07, 6.45) is 6.88. The van der Waals surface area contributed by atoms with E-state index in [1.54, 1.807) is 0 Å². The van der Waals surface area contributed by atoms with Crippen molar-refractivity contribution in [3.8, 4) is 11.1 Å². The van der Waals surface area contributed by atoms with Gasteiger partial charge in [0.25, 0.3) is 6.71 Å². The van der Waals surface area contributed by atoms with Crippen molar-refractivity contribution in [1.29, 1.82) is 0 Å². The molecule has 0 bridgehead atoms. The maximum atomic E-state index is 2.83. The number of benzene rings is 8. The summed E-state index contributed by atoms with van der Waals surface area (Å²) in [5.41, 5.74) is 24.8. The van der Waals surface area contributed by atoms with Gasteiger partial charge in [0.1, 0.15) is 0 Å². The lowest BCUT2D eigenvalue weighted by atomic mass is 9.33. The maximum absolute atomic E-state index is 2.83. The van der Waals surface area contributed by atoms with E-state index >= 15 is 0 Å². The maximum Gasteiger partial charge on any atom is 0.252 e. The number of nitrogens with zero attached hydrogens (tertiary/aromatic N) is 3. The van der Waals surface area contributed by atoms with Crippen LogP contribution in [0.15, 0.2) is 176 Å². The predicted molar refractivity (Wildman–Crippen MR) is 321 cm³/mol. The van der Waals surface area contributed by atoms with Crippen molar-refractivity contribution in [1.82, 2.24) is 0 Å². The van der Waals surface area contributed by atoms with Gasteiger partial charge in [0.15, 0.2) is 0 Å². The van der Waals surface area contributed by atoms with E-state index < -0.39 is 0 Å². The number of para-hydroxylation sites is 3. The first-order valence-corrected chi connectivity index (χ1v) is 28.1. The van der Waals surface area contributed by atoms with Crippen LogP contribution in [0.5, 0.6) is 0 Å². The monoisotopic (exact) mass is 980 g/mol. The molecule has 0 spiro atoms. The largest absolute Gasteiger partial charge is 0.334 e. The summed E-state index contributed by atoms with van der Waals surface area (Å²) >= 11 is 0. The second kappa shape index (κ2) is 16.6. The third-order valence-electron chi connectivity index (χ3n) is 19.1. The summed E-state index contributed by atoms with van der Waals surface area (Å²) in [4.78, 5) is 8.18. The Bertz CT molecular complexity index is 3560. The normalized spacial score (nSPS) is 20.9. The molecule has 3 heterocycles. The van der Waals surface area contributed by atoms with Crippen LogP contribution in [-0.4, -0.2) is 12.3 Å². The van der Waals surface area contributed by atoms with Crippen molar-refractivity contribution in [2.24, 2.45) is 0 Å². The van der Waals surface area contributed by atoms with E-state index in [9.17, 15) is 0 Å². The number of rotatable bonds is 5. The van der Waals surface area contributed by atoms with Crippen LogP contribution in [0.4, 0.5) is 45.5 Å². The van der Waals surface area contributed by atoms with E-state index in [4.69, 9.17) is 0 Å². The Morgan fingerprint density at radius 1 is 0.413 bits per heavy atom. The Morgan fingerprint density at radius 3 is 1.67 bits per heavy atom. The molecule has 8 aromatic rings. The summed E-state index contributed by atoms with van der Waals surface area (Å²) in [5, 5.41) is 0. The number of hydrogen-bond acceptors (Lipinski definition) is 3. The summed E-state index contributed by atoms with van der Waals surface area (Å²) in [6, 6.07) is 69.0. The minimum Gasteiger partial charge on any atom is -0.334 e. The Morgan fingerprint density at radius 2 is 0.987 bits per heavy atom. The third kappa shape index (κ3) is 7.06. The van der Waals surface area contributed by atoms with Crippen LogP contribution >= 0.6 is 0 Å². The van der Waals surface area contributed by atoms with Gasteiger partial charge in [0.05, 0.1) is 11.2 Å². The first-order chi connectivity index (χ1) is 35.8. The lowest BCUT2D eigenvalue weighted by molar-refractivity contribution is 0.215. The van der Waals surface area contributed by atoms with Crippen LogP contribution in [0.3, 0.4) is 0 Å². The lowest BCUT2D eigenvalue weighted by Crippen LogP contribution is -2.62. The smallest absolute Gasteiger partial charge is 0.252 e. The number of fused-ring (bicyclic) bond motifs is 8. The SMILES string of the molecule is CC(C)(C)c1ccc(C23CCCCC2(C)N(c2cc4c5c(c2)N(c2ccc(C(C)(C)C)cc2-c2ccccc2)c2cc6c(cc2B5c2ccccc2N4c2ccccc2)C(C)(C)CCC6(C)C)c2ccccc23)cc1. The molecule has 0 amide bonds. The summed E-state index contributed by atoms with van der Waals surface area (Å²) in [6.45, 7) is 26.6. The van der Waals surface area contributed by atoms with Crippen LogP contribution in [-0.2, 0) is 27.1 Å². The predicted octanol–water partition coefficient (Wildman–Crippen LogP) is 17.2. The van der Waals surface area contributed by atoms with Crippen molar-refractivity contribution in [3.05, 3.63) is 209 Å². The highest BCUT2D eigenvalue weighted by molar-refractivity contribution is 7.00. The highest BCUT2D eigenvalue weighted by Gasteiger charge is 2.61. The summed E-state index contributed by atoms with van der Waals surface area (Å²) < 4.78 is 0. The minimum absolute atomic E-state index is 0.00294. The summed E-state index contributed by atoms with van der Waals surface area (Å²) in [5.74, 6) is 0. The molecule has 13 rings (SSSR count). The highest BCUT2D eigenvalue weighted by Crippen LogP contribution is 2.64. The third-order valence-corrected chi connectivity index (χ3v) is 19.1. The van der Waals surface area contributed by atoms with E-state index in [2.05, 4.69) is 267 Å². The molecule has 2 unspecified atom stereocenters. The van der Waals surface area contributed by atoms with Gasteiger partial charge in [-0.05, 0) is 164 Å². The molecule has 3 aliphatic heterocycles. The molecule has 2 atom stereocenters. The molecule has 1 saturated carbocycles. The van der Waals surface area contributed by atoms with Crippen LogP contribution < -0.4 is 31.1 Å². The fourth-order valence-corrected chi connectivity index (χ4v) is 14.9. The zero-order valence-electron chi connectivity index (χ0n) is 46.4. The first-order valence-electron chi connectivity index (χ1n) is 28.1. The van der Waals surface area contributed by atoms with E-state index in [-0.39, 0.29) is 39.3 Å². The van der Waals surface area contributed by atoms with Gasteiger partial charge in [-0.2, -0.15) is 0 Å². The molecule has 5 aliphatic rings. The quantitative estimate of drug-likeness (QED) is 0.159. The van der Waals surface area contributed by atoms with Gasteiger partial charge in [-0.25, -0.2) is 0 Å². The first kappa shape index (κ1) is 47.9. The van der Waals surface area contributed by atoms with Gasteiger partial charge >= 0.3 is 0 Å². The molecule has 3 nitrogen and oxygen atoms in total. The molecular formula is C71H74BN3. The topological polar surface area (TPSA) is 9.72 Å². The Hall–Kier alpha value is -6.78. The zero-order chi connectivity index (χ0) is 52.0. The van der Waals surface area contributed by atoms with Crippen molar-refractivity contribution in [3.63, 3.8) is 0 Å². The van der Waals surface area contributed by atoms with E-state index in [1.165, 1.54) is 119 Å². The molecule has 8 aromatic carbocycles. The molecule has 4 heteroatoms.